The molecule has 0 bridgehead atoms. The SMILES string of the molecule is C[C@@H]1O[C@@H](O[C@@H]2C[C@H](O[C@H]3[C@H](O)C[C@H](O[13c]4[13cH][13cH][13c](O)[13c]5[13c]4[13C](=O)[13C]4=[13C]([13C]5=O)[13c]5[13c](O)[13cH][13c]([13CH3])[13cH][13c]5[13CH2][13C@H]4O)O[C@@H]3C)O[C@H](C)[C@H]2O)CC[C@@H]1O[C@H]1C[C@@H](O)[C@H](O[C@H]2C[C@@H](O[C@H]3CC[C@H](O)[C@H](C)O3)[C@H](O)[C@@H](C)O2)[C@@H](C)O1. The van der Waals surface area contributed by atoms with Crippen LogP contribution in [0.25, 0.3) is 5.57 Å². The number of rotatable bonds is 12. The van der Waals surface area contributed by atoms with Crippen LogP contribution in [0.15, 0.2) is 29.8 Å². The third-order valence-corrected chi connectivity index (χ3v) is 16.3. The molecule has 0 saturated carbocycles. The maximum Gasteiger partial charge on any atom is 0.202 e. The summed E-state index contributed by atoms with van der Waals surface area (Å²) in [4.78, 5) is 28.4. The van der Waals surface area contributed by atoms with Gasteiger partial charge in [-0.25, -0.2) is 0 Å². The van der Waals surface area contributed by atoms with Gasteiger partial charge in [-0.1, -0.05) is 6.07 Å². The van der Waals surface area contributed by atoms with Crippen LogP contribution in [0.2, 0.25) is 0 Å². The van der Waals surface area contributed by atoms with Crippen LogP contribution in [-0.4, -0.2) is 194 Å². The number of aliphatic hydroxyl groups excluding tert-OH is 6. The number of hydrogen-bond donors (Lipinski definition) is 8. The Kier molecular flexibility index (Phi) is 16.9. The summed E-state index contributed by atoms with van der Waals surface area (Å²) >= 11 is 0. The maximum absolute atomic E-state index is 14.2. The highest BCUT2D eigenvalue weighted by molar-refractivity contribution is 6.42. The van der Waals surface area contributed by atoms with Gasteiger partial charge in [0.05, 0.1) is 90.5 Å². The number of allylic oxidation sites excluding steroid dienone is 1. The van der Waals surface area contributed by atoms with Gasteiger partial charge in [0.15, 0.2) is 43.0 Å². The predicted octanol–water partition coefficient (Wildman–Crippen LogP) is 2.85. The Morgan fingerprint density at radius 1 is 0.481 bits per heavy atom. The molecule has 23 atom stereocenters. The smallest absolute Gasteiger partial charge is 0.202 e. The molecule has 0 spiro atoms. The topological polar surface area (TPSA) is 307 Å². The van der Waals surface area contributed by atoms with E-state index in [1.165, 1.54) is 18.2 Å². The molecule has 0 radical (unpaired) electrons. The highest BCUT2D eigenvalue weighted by atomic mass is 16.8. The molecule has 22 nitrogen and oxygen atoms in total. The summed E-state index contributed by atoms with van der Waals surface area (Å²) in [5.41, 5.74) is 0.302. The van der Waals surface area contributed by atoms with Crippen molar-refractivity contribution in [3.05, 3.63) is 57.7 Å². The lowest BCUT2D eigenvalue weighted by Gasteiger charge is -2.45. The third kappa shape index (κ3) is 11.6. The standard InChI is InChI=1S/C55H74O22/c1-21-14-28-16-32(59)47-49(45(28)31(58)15-21)53(65)46-30(57)8-10-36(48(46)52(47)64)73-42-18-34(61)55(27(7)71-42)77-44-20-38(51(63)25(5)69-44)75-40-13-11-35(23(3)67-40)72-41-17-33(60)54(26(6)70-41)76-43-19-37(50(62)24(4)68-43)74-39-12-9-29(56)22(2)66-39/h8,10,14-15,22-27,29,32-35,37-44,50-51,54-63H,9,11-13,16-20H2,1-7H3/t22-,23-,24+,25+,26+,27+,29-,32+,33+,34+,35-,37+,38+,39-,40-,41-,42-,43-,44-,50+,51+,54+,55+/m0/s1/i1+1,8+1,10+1,14+1,15+1,16+1,21+1,28+1,30+1,31+1,32+1,36+1,45+1,46+1,47+1,48+1,49+1,52+1,53+1. The monoisotopic (exact) mass is 1110 g/mol. The van der Waals surface area contributed by atoms with Crippen molar-refractivity contribution in [2.24, 2.45) is 0 Å². The molecule has 10 rings (SSSR count). The molecule has 2 aromatic rings. The summed E-state index contributed by atoms with van der Waals surface area (Å²) in [6.07, 6.45) is -16.2. The van der Waals surface area contributed by atoms with E-state index in [-0.39, 0.29) is 71.4 Å². The lowest BCUT2D eigenvalue weighted by molar-refractivity contribution is -0.340. The zero-order chi connectivity index (χ0) is 54.9. The minimum atomic E-state index is -1.38. The molecule has 0 amide bonds. The molecule has 6 aliphatic heterocycles. The van der Waals surface area contributed by atoms with Crippen molar-refractivity contribution >= 4 is 17.1 Å². The number of fused-ring (bicyclic) bond motifs is 3. The van der Waals surface area contributed by atoms with Crippen LogP contribution in [0.3, 0.4) is 0 Å². The summed E-state index contributed by atoms with van der Waals surface area (Å²) in [6, 6.07) is 5.70. The van der Waals surface area contributed by atoms with Gasteiger partial charge in [-0.2, -0.15) is 0 Å². The molecule has 6 heterocycles. The van der Waals surface area contributed by atoms with E-state index in [4.69, 9.17) is 56.8 Å². The first-order valence-electron chi connectivity index (χ1n) is 27.1. The number of phenols is 2. The lowest BCUT2D eigenvalue weighted by Crippen LogP contribution is -2.56. The predicted molar refractivity (Wildman–Crippen MR) is 264 cm³/mol. The fourth-order valence-corrected chi connectivity index (χ4v) is 12.2. The van der Waals surface area contributed by atoms with Gasteiger partial charge in [-0.15, -0.1) is 0 Å². The Hall–Kier alpha value is -3.76. The molecule has 2 aromatic carbocycles. The van der Waals surface area contributed by atoms with Gasteiger partial charge in [0.2, 0.25) is 6.29 Å². The van der Waals surface area contributed by atoms with E-state index >= 15 is 0 Å². The van der Waals surface area contributed by atoms with Crippen LogP contribution in [0, 0.1) is 6.92 Å². The van der Waals surface area contributed by atoms with Crippen LogP contribution < -0.4 is 4.74 Å². The van der Waals surface area contributed by atoms with Gasteiger partial charge in [0.1, 0.15) is 41.7 Å². The quantitative estimate of drug-likeness (QED) is 0.142. The Labute approximate surface area is 445 Å². The average Bonchev–Trinajstić information content (AvgIpc) is 3.47. The fourth-order valence-electron chi connectivity index (χ4n) is 12.2. The molecule has 6 saturated heterocycles. The first-order chi connectivity index (χ1) is 36.6. The minimum Gasteiger partial charge on any atom is -0.507 e. The van der Waals surface area contributed by atoms with E-state index in [2.05, 4.69) is 0 Å². The molecular formula is C55H74O22. The molecule has 6 fully saturated rings. The number of hydrogen-bond acceptors (Lipinski definition) is 22. The summed E-state index contributed by atoms with van der Waals surface area (Å²) in [5, 5.41) is 88.0. The van der Waals surface area contributed by atoms with Crippen LogP contribution in [0.1, 0.15) is 130 Å². The molecule has 0 aromatic heterocycles. The molecule has 426 valence electrons. The number of ketones is 2. The Balaban J connectivity index is 0.699. The van der Waals surface area contributed by atoms with Crippen molar-refractivity contribution in [2.75, 3.05) is 0 Å². The zero-order valence-electron chi connectivity index (χ0n) is 44.2. The average molecular weight is 1110 g/mol. The summed E-state index contributed by atoms with van der Waals surface area (Å²) < 4.78 is 74.1. The zero-order valence-corrected chi connectivity index (χ0v) is 44.2. The number of phenolic OH excluding ortho intramolecular Hbond substituents is 2. The van der Waals surface area contributed by atoms with E-state index in [1.807, 2.05) is 6.92 Å². The van der Waals surface area contributed by atoms with Gasteiger partial charge in [-0.3, -0.25) is 9.59 Å². The van der Waals surface area contributed by atoms with Gasteiger partial charge >= 0.3 is 0 Å². The van der Waals surface area contributed by atoms with E-state index < -0.39 is 159 Å². The van der Waals surface area contributed by atoms with E-state index in [9.17, 15) is 50.4 Å². The summed E-state index contributed by atoms with van der Waals surface area (Å²) in [7, 11) is 0. The normalized spacial score (nSPS) is 42.6. The van der Waals surface area contributed by atoms with Crippen molar-refractivity contribution in [1.29, 1.82) is 0 Å². The highest BCUT2D eigenvalue weighted by Crippen LogP contribution is 2.48. The maximum atomic E-state index is 14.2. The van der Waals surface area contributed by atoms with Gasteiger partial charge in [0, 0.05) is 61.7 Å². The van der Waals surface area contributed by atoms with E-state index in [0.717, 1.165) is 0 Å². The minimum absolute atomic E-state index is 0.0260. The van der Waals surface area contributed by atoms with Crippen molar-refractivity contribution in [3.63, 3.8) is 0 Å². The van der Waals surface area contributed by atoms with Crippen LogP contribution in [-0.2, 0) is 58.5 Å². The number of Topliss-reactive ketones (excluding diaryl/α,β-unsaturated/α-hetero) is 2. The van der Waals surface area contributed by atoms with Crippen LogP contribution in [0.5, 0.6) is 17.2 Å². The highest BCUT2D eigenvalue weighted by Gasteiger charge is 2.49. The van der Waals surface area contributed by atoms with Gasteiger partial charge < -0.3 is 97.7 Å². The lowest BCUT2D eigenvalue weighted by atomic mass is 9.99. The van der Waals surface area contributed by atoms with Crippen molar-refractivity contribution in [3.8, 4) is 17.2 Å². The number of aromatic hydroxyl groups is 2. The number of carbonyl (C=O) groups excluding carboxylic acids is 2. The molecule has 8 N–H and O–H groups in total. The van der Waals surface area contributed by atoms with E-state index in [1.54, 1.807) is 47.6 Å². The van der Waals surface area contributed by atoms with Crippen molar-refractivity contribution in [1.82, 2.24) is 0 Å². The number of ether oxygens (including phenoxy) is 12. The molecular weight excluding hydrogens is 1030 g/mol. The molecule has 22 heteroatoms. The summed E-state index contributed by atoms with van der Waals surface area (Å²) in [6.45, 7) is 12.2. The van der Waals surface area contributed by atoms with Crippen molar-refractivity contribution in [2.45, 2.75) is 248 Å². The second-order valence-electron chi connectivity index (χ2n) is 22.1. The van der Waals surface area contributed by atoms with Crippen LogP contribution >= 0.6 is 0 Å². The second kappa shape index (κ2) is 23.0. The van der Waals surface area contributed by atoms with Crippen LogP contribution in [0.4, 0.5) is 0 Å². The van der Waals surface area contributed by atoms with Gasteiger partial charge in [-0.05, 0) is 90.6 Å². The Morgan fingerprint density at radius 2 is 1.00 bits per heavy atom. The molecule has 8 aliphatic rings. The largest absolute Gasteiger partial charge is 0.507 e. The summed E-state index contributed by atoms with van der Waals surface area (Å²) in [5.74, 6) is -2.36. The number of aryl methyl sites for hydroxylation is 1. The third-order valence-electron chi connectivity index (χ3n) is 16.3. The second-order valence-corrected chi connectivity index (χ2v) is 22.1. The Morgan fingerprint density at radius 3 is 1.58 bits per heavy atom. The number of aliphatic hydroxyl groups is 6. The van der Waals surface area contributed by atoms with Gasteiger partial charge in [0.25, 0.3) is 0 Å². The molecule has 2 aliphatic carbocycles. The first kappa shape index (κ1) is 56.5. The Bertz CT molecular complexity index is 2480. The van der Waals surface area contributed by atoms with E-state index in [0.29, 0.717) is 36.8 Å². The first-order valence-corrected chi connectivity index (χ1v) is 27.1. The number of benzene rings is 2. The molecule has 0 unspecified atom stereocenters. The fraction of sp³-hybridized carbons (Fsp3) is 0.709. The number of carbonyl (C=O) groups is 2. The molecule has 77 heavy (non-hydrogen) atoms. The van der Waals surface area contributed by atoms with Crippen molar-refractivity contribution < 1.29 is 107 Å².